The molecule has 6 heteroatoms. The van der Waals surface area contributed by atoms with E-state index in [1.165, 1.54) is 23.2 Å². The van der Waals surface area contributed by atoms with Crippen molar-refractivity contribution >= 4 is 23.4 Å². The van der Waals surface area contributed by atoms with E-state index in [1.807, 2.05) is 23.6 Å². The molecule has 2 rings (SSSR count). The van der Waals surface area contributed by atoms with Crippen molar-refractivity contribution in [2.75, 3.05) is 13.6 Å². The lowest BCUT2D eigenvalue weighted by molar-refractivity contribution is -0.147. The van der Waals surface area contributed by atoms with E-state index in [0.717, 1.165) is 4.88 Å². The van der Waals surface area contributed by atoms with Crippen molar-refractivity contribution in [2.24, 2.45) is 0 Å². The molecular weight excluding hydrogens is 314 g/mol. The number of carbonyl (C=O) groups excluding carboxylic acids is 2. The zero-order chi connectivity index (χ0) is 16.7. The third-order valence-corrected chi connectivity index (χ3v) is 4.12. The molecule has 0 aliphatic rings. The molecule has 0 N–H and O–H groups in total. The molecule has 0 saturated carbocycles. The molecule has 122 valence electrons. The normalized spacial score (nSPS) is 11.6. The number of thiophene rings is 1. The Hall–Kier alpha value is -2.34. The van der Waals surface area contributed by atoms with Crippen LogP contribution in [-0.2, 0) is 9.53 Å². The van der Waals surface area contributed by atoms with E-state index in [1.54, 1.807) is 31.3 Å². The number of hydrogen-bond acceptors (Lipinski definition) is 5. The highest BCUT2D eigenvalue weighted by molar-refractivity contribution is 7.10. The Morgan fingerprint density at radius 1 is 1.17 bits per heavy atom. The van der Waals surface area contributed by atoms with Gasteiger partial charge in [-0.3, -0.25) is 4.79 Å². The van der Waals surface area contributed by atoms with E-state index in [2.05, 4.69) is 0 Å². The Bertz CT molecular complexity index is 627. The molecule has 1 heterocycles. The van der Waals surface area contributed by atoms with Crippen LogP contribution in [-0.4, -0.2) is 30.6 Å². The van der Waals surface area contributed by atoms with Gasteiger partial charge in [0.1, 0.15) is 11.9 Å². The molecule has 0 spiro atoms. The first kappa shape index (κ1) is 17.0. The minimum absolute atomic E-state index is 0.335. The van der Waals surface area contributed by atoms with Crippen LogP contribution in [0.25, 0.3) is 0 Å². The van der Waals surface area contributed by atoms with Crippen LogP contribution >= 0.6 is 11.3 Å². The highest BCUT2D eigenvalue weighted by Gasteiger charge is 2.19. The topological polar surface area (TPSA) is 55.8 Å². The van der Waals surface area contributed by atoms with Crippen LogP contribution in [0.15, 0.2) is 47.8 Å². The summed E-state index contributed by atoms with van der Waals surface area (Å²) in [7, 11) is 1.66. The molecule has 0 aliphatic heterocycles. The maximum atomic E-state index is 12.0. The van der Waals surface area contributed by atoms with Gasteiger partial charge in [-0.25, -0.2) is 4.79 Å². The van der Waals surface area contributed by atoms with E-state index >= 15 is 0 Å². The number of amides is 1. The number of nitrogens with zero attached hydrogens (tertiary/aromatic N) is 1. The first-order valence-corrected chi connectivity index (χ1v) is 8.13. The van der Waals surface area contributed by atoms with Crippen LogP contribution in [0.1, 0.15) is 24.3 Å². The number of carbonyl (C=O) groups is 2. The SMILES string of the molecule is CC(=O)O[C@@H](CCN(C)C(=O)Oc1ccccc1)c1cccs1. The molecule has 1 atom stereocenters. The van der Waals surface area contributed by atoms with Gasteiger partial charge >= 0.3 is 12.1 Å². The Kier molecular flexibility index (Phi) is 6.17. The summed E-state index contributed by atoms with van der Waals surface area (Å²) in [5, 5.41) is 1.93. The van der Waals surface area contributed by atoms with Crippen LogP contribution < -0.4 is 4.74 Å². The summed E-state index contributed by atoms with van der Waals surface area (Å²) in [5.74, 6) is 0.164. The predicted octanol–water partition coefficient (Wildman–Crippen LogP) is 3.87. The Balaban J connectivity index is 1.89. The number of esters is 1. The van der Waals surface area contributed by atoms with E-state index < -0.39 is 6.09 Å². The minimum atomic E-state index is -0.441. The van der Waals surface area contributed by atoms with Crippen molar-refractivity contribution in [1.82, 2.24) is 4.90 Å². The summed E-state index contributed by atoms with van der Waals surface area (Å²) in [6.07, 6.45) is -0.274. The zero-order valence-corrected chi connectivity index (χ0v) is 13.9. The second-order valence-electron chi connectivity index (χ2n) is 5.00. The van der Waals surface area contributed by atoms with Gasteiger partial charge in [-0.15, -0.1) is 11.3 Å². The average molecular weight is 333 g/mol. The molecule has 0 radical (unpaired) electrons. The van der Waals surface area contributed by atoms with Crippen LogP contribution in [0.2, 0.25) is 0 Å². The lowest BCUT2D eigenvalue weighted by atomic mass is 10.2. The van der Waals surface area contributed by atoms with E-state index in [9.17, 15) is 9.59 Å². The smallest absolute Gasteiger partial charge is 0.414 e. The molecule has 0 bridgehead atoms. The lowest BCUT2D eigenvalue weighted by Crippen LogP contribution is -2.31. The van der Waals surface area contributed by atoms with Gasteiger partial charge in [0.25, 0.3) is 0 Å². The quantitative estimate of drug-likeness (QED) is 0.753. The van der Waals surface area contributed by atoms with Gasteiger partial charge in [-0.1, -0.05) is 24.3 Å². The number of benzene rings is 1. The van der Waals surface area contributed by atoms with Gasteiger partial charge in [-0.2, -0.15) is 0 Å². The highest BCUT2D eigenvalue weighted by atomic mass is 32.1. The van der Waals surface area contributed by atoms with Gasteiger partial charge in [0, 0.05) is 31.8 Å². The molecule has 0 aliphatic carbocycles. The second-order valence-corrected chi connectivity index (χ2v) is 5.98. The molecule has 1 amide bonds. The predicted molar refractivity (Wildman–Crippen MR) is 88.5 cm³/mol. The molecule has 0 saturated heterocycles. The molecule has 23 heavy (non-hydrogen) atoms. The highest BCUT2D eigenvalue weighted by Crippen LogP contribution is 2.26. The zero-order valence-electron chi connectivity index (χ0n) is 13.1. The number of hydrogen-bond donors (Lipinski definition) is 0. The second kappa shape index (κ2) is 8.33. The van der Waals surface area contributed by atoms with Gasteiger partial charge in [0.05, 0.1) is 0 Å². The summed E-state index contributed by atoms with van der Waals surface area (Å²) in [4.78, 5) is 25.7. The van der Waals surface area contributed by atoms with Crippen LogP contribution in [0, 0.1) is 0 Å². The molecule has 5 nitrogen and oxygen atoms in total. The third kappa shape index (κ3) is 5.41. The summed E-state index contributed by atoms with van der Waals surface area (Å²) >= 11 is 1.52. The summed E-state index contributed by atoms with van der Waals surface area (Å²) in [5.41, 5.74) is 0. The fourth-order valence-corrected chi connectivity index (χ4v) is 2.79. The van der Waals surface area contributed by atoms with Crippen molar-refractivity contribution in [3.05, 3.63) is 52.7 Å². The molecular formula is C17H19NO4S. The van der Waals surface area contributed by atoms with Crippen LogP contribution in [0.5, 0.6) is 5.75 Å². The standard InChI is InChI=1S/C17H19NO4S/c1-13(19)21-15(16-9-6-12-23-16)10-11-18(2)17(20)22-14-7-4-3-5-8-14/h3-9,12,15H,10-11H2,1-2H3/t15-/m0/s1. The van der Waals surface area contributed by atoms with Gasteiger partial charge in [0.15, 0.2) is 0 Å². The molecule has 0 fully saturated rings. The van der Waals surface area contributed by atoms with Crippen molar-refractivity contribution in [3.8, 4) is 5.75 Å². The lowest BCUT2D eigenvalue weighted by Gasteiger charge is -2.20. The largest absolute Gasteiger partial charge is 0.457 e. The number of rotatable bonds is 6. The fourth-order valence-electron chi connectivity index (χ4n) is 2.00. The molecule has 1 aromatic carbocycles. The van der Waals surface area contributed by atoms with Crippen molar-refractivity contribution < 1.29 is 19.1 Å². The van der Waals surface area contributed by atoms with E-state index in [0.29, 0.717) is 18.7 Å². The monoisotopic (exact) mass is 333 g/mol. The first-order valence-electron chi connectivity index (χ1n) is 7.25. The first-order chi connectivity index (χ1) is 11.1. The van der Waals surface area contributed by atoms with Crippen LogP contribution in [0.3, 0.4) is 0 Å². The summed E-state index contributed by atoms with van der Waals surface area (Å²) in [6, 6.07) is 12.7. The Labute approximate surface area is 139 Å². The molecule has 1 aromatic heterocycles. The van der Waals surface area contributed by atoms with Crippen molar-refractivity contribution in [2.45, 2.75) is 19.4 Å². The van der Waals surface area contributed by atoms with E-state index in [4.69, 9.17) is 9.47 Å². The van der Waals surface area contributed by atoms with Gasteiger partial charge in [0.2, 0.25) is 0 Å². The fraction of sp³-hybridized carbons (Fsp3) is 0.294. The third-order valence-electron chi connectivity index (χ3n) is 3.16. The minimum Gasteiger partial charge on any atom is -0.457 e. The molecule has 2 aromatic rings. The summed E-state index contributed by atoms with van der Waals surface area (Å²) < 4.78 is 10.6. The number of para-hydroxylation sites is 1. The Morgan fingerprint density at radius 3 is 2.52 bits per heavy atom. The maximum absolute atomic E-state index is 12.0. The van der Waals surface area contributed by atoms with Gasteiger partial charge in [-0.05, 0) is 23.6 Å². The van der Waals surface area contributed by atoms with Gasteiger partial charge < -0.3 is 14.4 Å². The number of ether oxygens (including phenoxy) is 2. The van der Waals surface area contributed by atoms with E-state index in [-0.39, 0.29) is 12.1 Å². The maximum Gasteiger partial charge on any atom is 0.414 e. The van der Waals surface area contributed by atoms with Crippen molar-refractivity contribution in [3.63, 3.8) is 0 Å². The molecule has 0 unspecified atom stereocenters. The average Bonchev–Trinajstić information content (AvgIpc) is 3.06. The summed E-state index contributed by atoms with van der Waals surface area (Å²) in [6.45, 7) is 1.80. The van der Waals surface area contributed by atoms with Crippen molar-refractivity contribution in [1.29, 1.82) is 0 Å². The van der Waals surface area contributed by atoms with Crippen LogP contribution in [0.4, 0.5) is 4.79 Å². The Morgan fingerprint density at radius 2 is 1.91 bits per heavy atom.